The van der Waals surface area contributed by atoms with Gasteiger partial charge in [-0.2, -0.15) is 0 Å². The number of Topliss-reactive ketones (excluding diaryl/α,β-unsaturated/α-hetero) is 1. The van der Waals surface area contributed by atoms with Crippen molar-refractivity contribution in [3.63, 3.8) is 0 Å². The van der Waals surface area contributed by atoms with Crippen LogP contribution < -0.4 is 10.1 Å². The zero-order chi connectivity index (χ0) is 37.1. The fourth-order valence-corrected chi connectivity index (χ4v) is 11.7. The van der Waals surface area contributed by atoms with Gasteiger partial charge in [-0.05, 0) is 105 Å². The Morgan fingerprint density at radius 3 is 2.42 bits per heavy atom. The lowest BCUT2D eigenvalue weighted by atomic mass is 9.32. The lowest BCUT2D eigenvalue weighted by molar-refractivity contribution is -0.177. The Morgan fingerprint density at radius 1 is 1.00 bits per heavy atom. The van der Waals surface area contributed by atoms with Crippen LogP contribution in [-0.4, -0.2) is 72.5 Å². The van der Waals surface area contributed by atoms with Gasteiger partial charge in [0.1, 0.15) is 11.6 Å². The van der Waals surface area contributed by atoms with Crippen LogP contribution in [0.2, 0.25) is 5.02 Å². The van der Waals surface area contributed by atoms with Gasteiger partial charge in [0.2, 0.25) is 0 Å². The highest BCUT2D eigenvalue weighted by Gasteiger charge is 2.74. The van der Waals surface area contributed by atoms with Crippen molar-refractivity contribution in [2.75, 3.05) is 39.2 Å². The molecule has 3 fully saturated rings. The van der Waals surface area contributed by atoms with Crippen LogP contribution in [0.1, 0.15) is 70.8 Å². The molecule has 10 heteroatoms. The molecule has 3 saturated carbocycles. The second-order valence-corrected chi connectivity index (χ2v) is 16.9. The van der Waals surface area contributed by atoms with Crippen LogP contribution in [-0.2, 0) is 16.0 Å². The fourth-order valence-electron chi connectivity index (χ4n) is 11.5. The van der Waals surface area contributed by atoms with Crippen molar-refractivity contribution in [3.8, 4) is 5.75 Å². The Labute approximate surface area is 311 Å². The molecule has 52 heavy (non-hydrogen) atoms. The summed E-state index contributed by atoms with van der Waals surface area (Å²) in [6.45, 7) is 5.47. The number of nitrogens with one attached hydrogen (secondary N) is 1. The molecule has 2 aromatic carbocycles. The third-order valence-electron chi connectivity index (χ3n) is 14.3. The van der Waals surface area contributed by atoms with E-state index in [0.29, 0.717) is 62.3 Å². The van der Waals surface area contributed by atoms with E-state index in [1.54, 1.807) is 55.5 Å². The Balaban J connectivity index is 1.25. The number of allylic oxidation sites excluding steroid dienone is 4. The average Bonchev–Trinajstić information content (AvgIpc) is 3.39. The second kappa shape index (κ2) is 13.6. The number of ketones is 1. The first kappa shape index (κ1) is 37.1. The molecule has 0 aromatic heterocycles. The third kappa shape index (κ3) is 5.64. The number of hydrogen-bond donors (Lipinski definition) is 3. The van der Waals surface area contributed by atoms with E-state index in [9.17, 15) is 19.8 Å². The van der Waals surface area contributed by atoms with E-state index >= 15 is 4.39 Å². The van der Waals surface area contributed by atoms with E-state index in [4.69, 9.17) is 21.1 Å². The van der Waals surface area contributed by atoms with Crippen LogP contribution in [0.25, 0.3) is 0 Å². The first-order valence-corrected chi connectivity index (χ1v) is 19.1. The lowest BCUT2D eigenvalue weighted by Gasteiger charge is -2.71. The first-order valence-electron chi connectivity index (χ1n) is 18.7. The summed E-state index contributed by atoms with van der Waals surface area (Å²) in [5.41, 5.74) is -1.81. The summed E-state index contributed by atoms with van der Waals surface area (Å²) in [5.74, 6) is -0.00757. The van der Waals surface area contributed by atoms with Gasteiger partial charge in [0.05, 0.1) is 25.4 Å². The predicted octanol–water partition coefficient (Wildman–Crippen LogP) is 7.76. The molecule has 2 bridgehead atoms. The highest BCUT2D eigenvalue weighted by atomic mass is 35.5. The summed E-state index contributed by atoms with van der Waals surface area (Å²) < 4.78 is 25.7. The number of ether oxygens (including phenoxy) is 2. The number of amides is 2. The SMILES string of the molecule is COCCCN(C[C@]1(O)CC[C@H]2[C@]34C=C[C@@]5(C=C3C(=O)Cc3c(F)cccc3Cl)CC(O)CC[C@]5(C)[C@H]4CC[C@@]21C)C(=O)Nc1ccc(OC)cc1. The Kier molecular flexibility index (Phi) is 9.67. The van der Waals surface area contributed by atoms with Gasteiger partial charge in [-0.25, -0.2) is 9.18 Å². The summed E-state index contributed by atoms with van der Waals surface area (Å²) in [6, 6.07) is 11.3. The minimum atomic E-state index is -1.24. The van der Waals surface area contributed by atoms with Gasteiger partial charge in [0.25, 0.3) is 0 Å². The second-order valence-electron chi connectivity index (χ2n) is 16.5. The Morgan fingerprint density at radius 2 is 1.71 bits per heavy atom. The standard InChI is InChI=1S/C42H52ClFN2O6/c1-38-16-13-28(47)24-40(38)19-20-42(31(25-40)34(48)23-30-32(43)7-5-8-33(30)44)35(38)14-17-39(2)36(42)15-18-41(39,50)26-46(21-6-22-51-3)37(49)45-27-9-11-29(52-4)12-10-27/h5,7-12,19-20,25,28,35-36,47,50H,6,13-18,21-24,26H2,1-4H3,(H,45,49)/t28?,35-,36-,38-,39+,40+,41-,42-/m1/s1. The van der Waals surface area contributed by atoms with Gasteiger partial charge in [-0.15, -0.1) is 0 Å². The zero-order valence-corrected chi connectivity index (χ0v) is 31.5. The topological polar surface area (TPSA) is 108 Å². The van der Waals surface area contributed by atoms with Gasteiger partial charge in [0, 0.05) is 64.8 Å². The van der Waals surface area contributed by atoms with Gasteiger partial charge >= 0.3 is 6.03 Å². The number of rotatable bonds is 11. The van der Waals surface area contributed by atoms with Crippen molar-refractivity contribution in [2.45, 2.75) is 83.3 Å². The summed E-state index contributed by atoms with van der Waals surface area (Å²) in [7, 11) is 3.22. The quantitative estimate of drug-likeness (QED) is 0.161. The van der Waals surface area contributed by atoms with Crippen molar-refractivity contribution in [3.05, 3.63) is 82.7 Å². The van der Waals surface area contributed by atoms with Crippen LogP contribution in [0.5, 0.6) is 5.75 Å². The molecule has 0 radical (unpaired) electrons. The van der Waals surface area contributed by atoms with Crippen LogP contribution in [0.4, 0.5) is 14.9 Å². The maximum atomic E-state index is 15.1. The molecule has 8 atom stereocenters. The molecule has 2 spiro atoms. The summed E-state index contributed by atoms with van der Waals surface area (Å²) in [4.78, 5) is 30.3. The number of carbonyl (C=O) groups is 2. The third-order valence-corrected chi connectivity index (χ3v) is 14.6. The molecule has 0 saturated heterocycles. The molecule has 2 aromatic rings. The zero-order valence-electron chi connectivity index (χ0n) is 30.7. The van der Waals surface area contributed by atoms with E-state index in [0.717, 1.165) is 19.3 Å². The van der Waals surface area contributed by atoms with E-state index in [1.807, 2.05) is 0 Å². The van der Waals surface area contributed by atoms with E-state index < -0.39 is 33.8 Å². The molecule has 1 unspecified atom stereocenters. The number of anilines is 1. The number of carbonyl (C=O) groups excluding carboxylic acids is 2. The number of halogens is 2. The van der Waals surface area contributed by atoms with E-state index in [-0.39, 0.29) is 52.6 Å². The summed E-state index contributed by atoms with van der Waals surface area (Å²) in [6.07, 6.45) is 11.3. The average molecular weight is 735 g/mol. The monoisotopic (exact) mass is 734 g/mol. The molecule has 3 N–H and O–H groups in total. The van der Waals surface area contributed by atoms with Crippen molar-refractivity contribution in [1.82, 2.24) is 4.90 Å². The van der Waals surface area contributed by atoms with E-state index in [1.165, 1.54) is 6.07 Å². The molecule has 8 rings (SSSR count). The molecular weight excluding hydrogens is 683 g/mol. The number of aliphatic hydroxyl groups excluding tert-OH is 1. The number of benzene rings is 2. The van der Waals surface area contributed by atoms with Gasteiger partial charge in [-0.1, -0.05) is 49.7 Å². The Bertz CT molecular complexity index is 1760. The summed E-state index contributed by atoms with van der Waals surface area (Å²) in [5, 5.41) is 27.2. The normalized spacial score (nSPS) is 35.6. The fraction of sp³-hybridized carbons (Fsp3) is 0.571. The van der Waals surface area contributed by atoms with E-state index in [2.05, 4.69) is 37.4 Å². The lowest BCUT2D eigenvalue weighted by Crippen LogP contribution is -2.67. The molecule has 6 aliphatic rings. The maximum absolute atomic E-state index is 15.1. The highest BCUT2D eigenvalue weighted by Crippen LogP contribution is 2.78. The number of hydrogen-bond acceptors (Lipinski definition) is 6. The van der Waals surface area contributed by atoms with Crippen LogP contribution in [0.15, 0.2) is 66.3 Å². The number of nitrogens with zero attached hydrogens (tertiary/aromatic N) is 1. The largest absolute Gasteiger partial charge is 0.497 e. The maximum Gasteiger partial charge on any atom is 0.321 e. The molecule has 0 aliphatic heterocycles. The van der Waals surface area contributed by atoms with Gasteiger partial charge in [0.15, 0.2) is 5.78 Å². The molecule has 2 amide bonds. The smallest absolute Gasteiger partial charge is 0.321 e. The minimum Gasteiger partial charge on any atom is -0.497 e. The summed E-state index contributed by atoms with van der Waals surface area (Å²) >= 11 is 6.47. The Hall–Kier alpha value is -3.24. The van der Waals surface area contributed by atoms with Gasteiger partial charge < -0.3 is 29.9 Å². The number of methoxy groups -OCH3 is 2. The predicted molar refractivity (Wildman–Crippen MR) is 199 cm³/mol. The van der Waals surface area contributed by atoms with Crippen molar-refractivity contribution >= 4 is 29.1 Å². The van der Waals surface area contributed by atoms with Crippen LogP contribution in [0, 0.1) is 39.3 Å². The number of aliphatic hydroxyl groups is 2. The van der Waals surface area contributed by atoms with Crippen LogP contribution >= 0.6 is 11.6 Å². The van der Waals surface area contributed by atoms with Crippen molar-refractivity contribution in [2.24, 2.45) is 33.5 Å². The molecule has 0 heterocycles. The number of urea groups is 1. The van der Waals surface area contributed by atoms with Crippen molar-refractivity contribution < 1.29 is 33.7 Å². The molecule has 8 nitrogen and oxygen atoms in total. The highest BCUT2D eigenvalue weighted by molar-refractivity contribution is 6.31. The molecule has 280 valence electrons. The number of fused-ring (bicyclic) bond motifs is 1. The molecule has 6 aliphatic carbocycles. The van der Waals surface area contributed by atoms with Gasteiger partial charge in [-0.3, -0.25) is 4.79 Å². The molecular formula is C42H52ClFN2O6. The van der Waals surface area contributed by atoms with Crippen LogP contribution in [0.3, 0.4) is 0 Å². The van der Waals surface area contributed by atoms with Crippen molar-refractivity contribution in [1.29, 1.82) is 0 Å². The minimum absolute atomic E-state index is 0.0918. The first-order chi connectivity index (χ1) is 24.8.